The van der Waals surface area contributed by atoms with E-state index in [1.54, 1.807) is 7.11 Å². The van der Waals surface area contributed by atoms with Crippen molar-refractivity contribution in [1.29, 1.82) is 0 Å². The predicted octanol–water partition coefficient (Wildman–Crippen LogP) is 1.78. The number of fused-ring (bicyclic) bond motifs is 1. The highest BCUT2D eigenvalue weighted by Crippen LogP contribution is 2.33. The molecule has 0 aliphatic carbocycles. The van der Waals surface area contributed by atoms with Gasteiger partial charge in [-0.25, -0.2) is 0 Å². The second-order valence-electron chi connectivity index (χ2n) is 5.63. The third-order valence-corrected chi connectivity index (χ3v) is 4.05. The fourth-order valence-electron chi connectivity index (χ4n) is 2.75. The van der Waals surface area contributed by atoms with Crippen LogP contribution in [0.2, 0.25) is 0 Å². The molecule has 0 fully saturated rings. The minimum Gasteiger partial charge on any atom is -0.382 e. The molecule has 0 aromatic heterocycles. The van der Waals surface area contributed by atoms with Gasteiger partial charge in [0, 0.05) is 45.3 Å². The fourth-order valence-corrected chi connectivity index (χ4v) is 2.75. The minimum absolute atomic E-state index is 0.0498. The van der Waals surface area contributed by atoms with Crippen molar-refractivity contribution in [2.24, 2.45) is 0 Å². The van der Waals surface area contributed by atoms with Gasteiger partial charge >= 0.3 is 0 Å². The second kappa shape index (κ2) is 8.76. The Kier molecular flexibility index (Phi) is 6.68. The van der Waals surface area contributed by atoms with Crippen molar-refractivity contribution in [3.63, 3.8) is 0 Å². The SMILES string of the molecule is COCCOCCC(=O)NC[C@@H]1CCN(C)c2ccccc21. The molecule has 0 spiro atoms. The van der Waals surface area contributed by atoms with Crippen LogP contribution in [0, 0.1) is 0 Å². The largest absolute Gasteiger partial charge is 0.382 e. The molecule has 0 radical (unpaired) electrons. The van der Waals surface area contributed by atoms with Gasteiger partial charge in [0.25, 0.3) is 0 Å². The Bertz CT molecular complexity index is 479. The molecule has 0 bridgehead atoms. The number of hydrogen-bond donors (Lipinski definition) is 1. The van der Waals surface area contributed by atoms with E-state index in [0.717, 1.165) is 13.0 Å². The number of methoxy groups -OCH3 is 1. The van der Waals surface area contributed by atoms with Crippen LogP contribution in [-0.2, 0) is 14.3 Å². The first kappa shape index (κ1) is 16.8. The molecular formula is C17H26N2O3. The third-order valence-electron chi connectivity index (χ3n) is 4.05. The lowest BCUT2D eigenvalue weighted by atomic mass is 9.90. The molecular weight excluding hydrogens is 280 g/mol. The number of ether oxygens (including phenoxy) is 2. The van der Waals surface area contributed by atoms with E-state index in [4.69, 9.17) is 9.47 Å². The van der Waals surface area contributed by atoms with Gasteiger partial charge in [0.05, 0.1) is 19.8 Å². The Hall–Kier alpha value is -1.59. The van der Waals surface area contributed by atoms with Gasteiger partial charge in [-0.1, -0.05) is 18.2 Å². The number of nitrogens with zero attached hydrogens (tertiary/aromatic N) is 1. The fraction of sp³-hybridized carbons (Fsp3) is 0.588. The van der Waals surface area contributed by atoms with Crippen LogP contribution in [0.15, 0.2) is 24.3 Å². The van der Waals surface area contributed by atoms with E-state index in [1.165, 1.54) is 11.3 Å². The van der Waals surface area contributed by atoms with Crippen LogP contribution in [0.1, 0.15) is 24.3 Å². The van der Waals surface area contributed by atoms with Gasteiger partial charge in [-0.3, -0.25) is 4.79 Å². The van der Waals surface area contributed by atoms with Crippen LogP contribution in [0.25, 0.3) is 0 Å². The molecule has 1 aliphatic rings. The maximum Gasteiger partial charge on any atom is 0.222 e. The zero-order valence-electron chi connectivity index (χ0n) is 13.5. The molecule has 122 valence electrons. The van der Waals surface area contributed by atoms with Crippen molar-refractivity contribution in [3.8, 4) is 0 Å². The molecule has 5 nitrogen and oxygen atoms in total. The molecule has 1 heterocycles. The number of amides is 1. The molecule has 2 rings (SSSR count). The number of nitrogens with one attached hydrogen (secondary N) is 1. The van der Waals surface area contributed by atoms with Crippen LogP contribution < -0.4 is 10.2 Å². The highest BCUT2D eigenvalue weighted by molar-refractivity contribution is 5.76. The Labute approximate surface area is 132 Å². The summed E-state index contributed by atoms with van der Waals surface area (Å²) in [4.78, 5) is 14.1. The number of carbonyl (C=O) groups is 1. The summed E-state index contributed by atoms with van der Waals surface area (Å²) >= 11 is 0. The molecule has 1 amide bonds. The van der Waals surface area contributed by atoms with Crippen LogP contribution in [-0.4, -0.2) is 53.0 Å². The van der Waals surface area contributed by atoms with E-state index < -0.39 is 0 Å². The van der Waals surface area contributed by atoms with E-state index in [9.17, 15) is 4.79 Å². The van der Waals surface area contributed by atoms with Gasteiger partial charge in [0.2, 0.25) is 5.91 Å². The van der Waals surface area contributed by atoms with Gasteiger partial charge in [0.15, 0.2) is 0 Å². The summed E-state index contributed by atoms with van der Waals surface area (Å²) in [6.07, 6.45) is 1.47. The maximum atomic E-state index is 11.9. The van der Waals surface area contributed by atoms with E-state index in [2.05, 4.69) is 41.5 Å². The van der Waals surface area contributed by atoms with E-state index in [1.807, 2.05) is 0 Å². The smallest absolute Gasteiger partial charge is 0.222 e. The zero-order valence-corrected chi connectivity index (χ0v) is 13.5. The van der Waals surface area contributed by atoms with Gasteiger partial charge in [-0.2, -0.15) is 0 Å². The molecule has 1 aromatic rings. The van der Waals surface area contributed by atoms with Crippen molar-refractivity contribution < 1.29 is 14.3 Å². The number of para-hydroxylation sites is 1. The monoisotopic (exact) mass is 306 g/mol. The average Bonchev–Trinajstić information content (AvgIpc) is 2.54. The van der Waals surface area contributed by atoms with Crippen LogP contribution in [0.5, 0.6) is 0 Å². The highest BCUT2D eigenvalue weighted by Gasteiger charge is 2.22. The van der Waals surface area contributed by atoms with Crippen molar-refractivity contribution in [2.45, 2.75) is 18.8 Å². The molecule has 1 N–H and O–H groups in total. The quantitative estimate of drug-likeness (QED) is 0.744. The molecule has 5 heteroatoms. The summed E-state index contributed by atoms with van der Waals surface area (Å²) in [5.41, 5.74) is 2.60. The van der Waals surface area contributed by atoms with Crippen LogP contribution >= 0.6 is 0 Å². The van der Waals surface area contributed by atoms with Crippen molar-refractivity contribution in [3.05, 3.63) is 29.8 Å². The Morgan fingerprint density at radius 3 is 2.95 bits per heavy atom. The number of rotatable bonds is 8. The van der Waals surface area contributed by atoms with E-state index in [-0.39, 0.29) is 5.91 Å². The van der Waals surface area contributed by atoms with Gasteiger partial charge in [0.1, 0.15) is 0 Å². The van der Waals surface area contributed by atoms with Crippen molar-refractivity contribution >= 4 is 11.6 Å². The average molecular weight is 306 g/mol. The normalized spacial score (nSPS) is 17.2. The predicted molar refractivity (Wildman–Crippen MR) is 87.4 cm³/mol. The van der Waals surface area contributed by atoms with Gasteiger partial charge in [-0.05, 0) is 18.1 Å². The number of carbonyl (C=O) groups excluding carboxylic acids is 1. The number of anilines is 1. The minimum atomic E-state index is 0.0498. The third kappa shape index (κ3) is 4.71. The first-order chi connectivity index (χ1) is 10.7. The summed E-state index contributed by atoms with van der Waals surface area (Å²) in [7, 11) is 3.75. The topological polar surface area (TPSA) is 50.8 Å². The number of hydrogen-bond acceptors (Lipinski definition) is 4. The summed E-state index contributed by atoms with van der Waals surface area (Å²) < 4.78 is 10.2. The first-order valence-electron chi connectivity index (χ1n) is 7.86. The number of benzene rings is 1. The summed E-state index contributed by atoms with van der Waals surface area (Å²) in [5.74, 6) is 0.444. The standard InChI is InChI=1S/C17H26N2O3/c1-19-9-7-14(15-5-3-4-6-16(15)19)13-18-17(20)8-10-22-12-11-21-2/h3-6,14H,7-13H2,1-2H3,(H,18,20)/t14-/m0/s1. The molecule has 1 atom stereocenters. The second-order valence-corrected chi connectivity index (χ2v) is 5.63. The molecule has 0 saturated carbocycles. The lowest BCUT2D eigenvalue weighted by Crippen LogP contribution is -2.34. The van der Waals surface area contributed by atoms with Crippen molar-refractivity contribution in [1.82, 2.24) is 5.32 Å². The lowest BCUT2D eigenvalue weighted by molar-refractivity contribution is -0.122. The molecule has 0 saturated heterocycles. The first-order valence-corrected chi connectivity index (χ1v) is 7.86. The van der Waals surface area contributed by atoms with Crippen LogP contribution in [0.4, 0.5) is 5.69 Å². The molecule has 1 aliphatic heterocycles. The van der Waals surface area contributed by atoms with Gasteiger partial charge in [-0.15, -0.1) is 0 Å². The molecule has 22 heavy (non-hydrogen) atoms. The van der Waals surface area contributed by atoms with Crippen LogP contribution in [0.3, 0.4) is 0 Å². The molecule has 0 unspecified atom stereocenters. The Morgan fingerprint density at radius 1 is 1.32 bits per heavy atom. The summed E-state index contributed by atoms with van der Waals surface area (Å²) in [5, 5.41) is 3.03. The Morgan fingerprint density at radius 2 is 2.14 bits per heavy atom. The summed E-state index contributed by atoms with van der Waals surface area (Å²) in [6.45, 7) is 3.26. The highest BCUT2D eigenvalue weighted by atomic mass is 16.5. The van der Waals surface area contributed by atoms with E-state index in [0.29, 0.717) is 38.7 Å². The maximum absolute atomic E-state index is 11.9. The summed E-state index contributed by atoms with van der Waals surface area (Å²) in [6, 6.07) is 8.44. The molecule has 1 aromatic carbocycles. The van der Waals surface area contributed by atoms with Gasteiger partial charge < -0.3 is 19.7 Å². The van der Waals surface area contributed by atoms with Crippen molar-refractivity contribution in [2.75, 3.05) is 52.0 Å². The zero-order chi connectivity index (χ0) is 15.8. The Balaban J connectivity index is 1.75. The lowest BCUT2D eigenvalue weighted by Gasteiger charge is -2.33. The van der Waals surface area contributed by atoms with E-state index >= 15 is 0 Å².